The first-order chi connectivity index (χ1) is 13.4. The monoisotopic (exact) mass is 419 g/mol. The Morgan fingerprint density at radius 3 is 2.68 bits per heavy atom. The first-order valence-corrected chi connectivity index (χ1v) is 10.4. The average Bonchev–Trinajstić information content (AvgIpc) is 3.28. The van der Waals surface area contributed by atoms with E-state index >= 15 is 0 Å². The molecule has 1 aromatic heterocycles. The standard InChI is InChI=1S/C21H22ClNO4S/c1-13(2)27-11-6-10-23-18(14-7-3-4-8-15(14)22)17(20(25)21(23)26)19(24)16-9-5-12-28-16/h3-5,7-9,12-13,18,25H,6,10-11H2,1-2H3. The van der Waals surface area contributed by atoms with E-state index in [1.165, 1.54) is 16.2 Å². The van der Waals surface area contributed by atoms with Gasteiger partial charge < -0.3 is 14.7 Å². The molecular weight excluding hydrogens is 398 g/mol. The highest BCUT2D eigenvalue weighted by Gasteiger charge is 2.44. The predicted octanol–water partition coefficient (Wildman–Crippen LogP) is 4.79. The fourth-order valence-electron chi connectivity index (χ4n) is 3.23. The smallest absolute Gasteiger partial charge is 0.290 e. The van der Waals surface area contributed by atoms with Crippen LogP contribution in [0.25, 0.3) is 0 Å². The summed E-state index contributed by atoms with van der Waals surface area (Å²) in [5.41, 5.74) is 0.691. The molecule has 1 amide bonds. The minimum absolute atomic E-state index is 0.0744. The van der Waals surface area contributed by atoms with Gasteiger partial charge in [-0.25, -0.2) is 0 Å². The zero-order valence-corrected chi connectivity index (χ0v) is 17.3. The number of rotatable bonds is 8. The fraction of sp³-hybridized carbons (Fsp3) is 0.333. The molecule has 0 radical (unpaired) electrons. The van der Waals surface area contributed by atoms with Gasteiger partial charge in [-0.3, -0.25) is 9.59 Å². The van der Waals surface area contributed by atoms with Crippen LogP contribution in [0.2, 0.25) is 5.02 Å². The number of Topliss-reactive ketones (excluding diaryl/α,β-unsaturated/α-hetero) is 1. The highest BCUT2D eigenvalue weighted by atomic mass is 35.5. The number of benzene rings is 1. The third-order valence-corrected chi connectivity index (χ3v) is 5.70. The van der Waals surface area contributed by atoms with Gasteiger partial charge in [0.1, 0.15) is 0 Å². The van der Waals surface area contributed by atoms with Gasteiger partial charge in [-0.15, -0.1) is 11.3 Å². The Bertz CT molecular complexity index is 892. The van der Waals surface area contributed by atoms with Crippen molar-refractivity contribution in [1.29, 1.82) is 0 Å². The van der Waals surface area contributed by atoms with Crippen molar-refractivity contribution in [1.82, 2.24) is 4.90 Å². The highest BCUT2D eigenvalue weighted by Crippen LogP contribution is 2.41. The van der Waals surface area contributed by atoms with Crippen LogP contribution in [0.15, 0.2) is 53.1 Å². The van der Waals surface area contributed by atoms with Crippen molar-refractivity contribution in [2.45, 2.75) is 32.4 Å². The van der Waals surface area contributed by atoms with Crippen LogP contribution in [0.3, 0.4) is 0 Å². The molecule has 1 aliphatic heterocycles. The van der Waals surface area contributed by atoms with Crippen molar-refractivity contribution >= 4 is 34.6 Å². The molecule has 5 nitrogen and oxygen atoms in total. The quantitative estimate of drug-likeness (QED) is 0.493. The Morgan fingerprint density at radius 2 is 2.04 bits per heavy atom. The van der Waals surface area contributed by atoms with Crippen LogP contribution in [-0.2, 0) is 9.53 Å². The molecule has 1 unspecified atom stereocenters. The van der Waals surface area contributed by atoms with E-state index < -0.39 is 17.7 Å². The number of thiophene rings is 1. The normalized spacial score (nSPS) is 17.1. The maximum atomic E-state index is 13.1. The van der Waals surface area contributed by atoms with E-state index in [0.29, 0.717) is 35.0 Å². The summed E-state index contributed by atoms with van der Waals surface area (Å²) in [5, 5.41) is 12.8. The molecule has 1 atom stereocenters. The molecule has 1 N–H and O–H groups in total. The third-order valence-electron chi connectivity index (χ3n) is 4.49. The SMILES string of the molecule is CC(C)OCCCN1C(=O)C(O)=C(C(=O)c2cccs2)C1c1ccccc1Cl. The molecule has 148 valence electrons. The van der Waals surface area contributed by atoms with Crippen molar-refractivity contribution in [3.8, 4) is 0 Å². The van der Waals surface area contributed by atoms with Crippen LogP contribution in [-0.4, -0.2) is 41.0 Å². The Labute approximate surface area is 173 Å². The number of nitrogens with zero attached hydrogens (tertiary/aromatic N) is 1. The van der Waals surface area contributed by atoms with Gasteiger partial charge in [0.05, 0.1) is 22.6 Å². The second-order valence-electron chi connectivity index (χ2n) is 6.76. The molecule has 0 spiro atoms. The summed E-state index contributed by atoms with van der Waals surface area (Å²) < 4.78 is 5.56. The van der Waals surface area contributed by atoms with Gasteiger partial charge in [0, 0.05) is 18.2 Å². The number of ketones is 1. The van der Waals surface area contributed by atoms with Crippen LogP contribution in [0.4, 0.5) is 0 Å². The first kappa shape index (κ1) is 20.6. The number of aliphatic hydroxyl groups is 1. The van der Waals surface area contributed by atoms with Gasteiger partial charge in [0.2, 0.25) is 5.78 Å². The number of ether oxygens (including phenoxy) is 1. The van der Waals surface area contributed by atoms with E-state index in [2.05, 4.69) is 0 Å². The largest absolute Gasteiger partial charge is 0.503 e. The van der Waals surface area contributed by atoms with E-state index in [1.807, 2.05) is 13.8 Å². The van der Waals surface area contributed by atoms with Crippen molar-refractivity contribution in [3.63, 3.8) is 0 Å². The molecular formula is C21H22ClNO4S. The van der Waals surface area contributed by atoms with Crippen molar-refractivity contribution in [2.24, 2.45) is 0 Å². The van der Waals surface area contributed by atoms with Crippen LogP contribution < -0.4 is 0 Å². The van der Waals surface area contributed by atoms with Crippen LogP contribution >= 0.6 is 22.9 Å². The van der Waals surface area contributed by atoms with E-state index in [-0.39, 0.29) is 17.5 Å². The Morgan fingerprint density at radius 1 is 1.29 bits per heavy atom. The zero-order valence-electron chi connectivity index (χ0n) is 15.7. The Hall–Kier alpha value is -2.15. The lowest BCUT2D eigenvalue weighted by atomic mass is 9.95. The molecule has 0 aliphatic carbocycles. The summed E-state index contributed by atoms with van der Waals surface area (Å²) in [6.07, 6.45) is 0.676. The summed E-state index contributed by atoms with van der Waals surface area (Å²) in [5.74, 6) is -1.42. The van der Waals surface area contributed by atoms with Crippen molar-refractivity contribution in [3.05, 3.63) is 68.6 Å². The molecule has 7 heteroatoms. The molecule has 0 bridgehead atoms. The summed E-state index contributed by atoms with van der Waals surface area (Å²) >= 11 is 7.66. The van der Waals surface area contributed by atoms with Gasteiger partial charge >= 0.3 is 0 Å². The maximum Gasteiger partial charge on any atom is 0.290 e. The van der Waals surface area contributed by atoms with Crippen molar-refractivity contribution < 1.29 is 19.4 Å². The number of carbonyl (C=O) groups is 2. The van der Waals surface area contributed by atoms with Crippen molar-refractivity contribution in [2.75, 3.05) is 13.2 Å². The van der Waals surface area contributed by atoms with Crippen LogP contribution in [0.5, 0.6) is 0 Å². The summed E-state index contributed by atoms with van der Waals surface area (Å²) in [6.45, 7) is 4.70. The van der Waals surface area contributed by atoms with Crippen LogP contribution in [0.1, 0.15) is 41.5 Å². The molecule has 1 aliphatic rings. The zero-order chi connectivity index (χ0) is 20.3. The third kappa shape index (κ3) is 4.14. The van der Waals surface area contributed by atoms with Gasteiger partial charge in [-0.2, -0.15) is 0 Å². The second kappa shape index (κ2) is 8.90. The lowest BCUT2D eigenvalue weighted by molar-refractivity contribution is -0.129. The fourth-order valence-corrected chi connectivity index (χ4v) is 4.15. The molecule has 3 rings (SSSR count). The molecule has 28 heavy (non-hydrogen) atoms. The second-order valence-corrected chi connectivity index (χ2v) is 8.12. The number of amides is 1. The van der Waals surface area contributed by atoms with E-state index in [4.69, 9.17) is 16.3 Å². The van der Waals surface area contributed by atoms with E-state index in [1.54, 1.807) is 41.8 Å². The summed E-state index contributed by atoms with van der Waals surface area (Å²) in [6, 6.07) is 9.79. The number of hydrogen-bond donors (Lipinski definition) is 1. The lowest BCUT2D eigenvalue weighted by Crippen LogP contribution is -2.33. The maximum absolute atomic E-state index is 13.1. The van der Waals surface area contributed by atoms with Crippen LogP contribution in [0, 0.1) is 0 Å². The molecule has 0 fully saturated rings. The topological polar surface area (TPSA) is 66.8 Å². The molecule has 1 aromatic carbocycles. The lowest BCUT2D eigenvalue weighted by Gasteiger charge is -2.27. The number of hydrogen-bond acceptors (Lipinski definition) is 5. The number of halogens is 1. The minimum Gasteiger partial charge on any atom is -0.503 e. The highest BCUT2D eigenvalue weighted by molar-refractivity contribution is 7.12. The molecule has 2 aromatic rings. The van der Waals surface area contributed by atoms with E-state index in [9.17, 15) is 14.7 Å². The Kier molecular flexibility index (Phi) is 6.54. The van der Waals surface area contributed by atoms with E-state index in [0.717, 1.165) is 0 Å². The first-order valence-electron chi connectivity index (χ1n) is 9.10. The van der Waals surface area contributed by atoms with Gasteiger partial charge in [-0.05, 0) is 43.3 Å². The molecule has 2 heterocycles. The number of aliphatic hydroxyl groups excluding tert-OH is 1. The predicted molar refractivity (Wildman–Crippen MR) is 110 cm³/mol. The van der Waals surface area contributed by atoms with Gasteiger partial charge in [0.15, 0.2) is 5.76 Å². The summed E-state index contributed by atoms with van der Waals surface area (Å²) in [4.78, 5) is 27.8. The van der Waals surface area contributed by atoms with Gasteiger partial charge in [0.25, 0.3) is 5.91 Å². The minimum atomic E-state index is -0.727. The number of carbonyl (C=O) groups excluding carboxylic acids is 2. The molecule has 0 saturated carbocycles. The van der Waals surface area contributed by atoms with Gasteiger partial charge in [-0.1, -0.05) is 35.9 Å². The summed E-state index contributed by atoms with van der Waals surface area (Å²) in [7, 11) is 0. The molecule has 0 saturated heterocycles. The Balaban J connectivity index is 1.96. The average molecular weight is 420 g/mol.